The van der Waals surface area contributed by atoms with Crippen LogP contribution in [-0.2, 0) is 14.0 Å². The monoisotopic (exact) mass is 546 g/mol. The molecule has 0 amide bonds. The zero-order valence-electron chi connectivity index (χ0n) is 22.5. The molecular formula is C29H42O4S2Si. The SMILES string of the molecule is CC(=O)O[C@H]([C@H](C[C@@H](C)CO)O[Si](c1ccccc1)(c1ccccc1)C(C)(C)C)C1(C)SCCCS1. The molecule has 4 nitrogen and oxygen atoms in total. The average Bonchev–Trinajstić information content (AvgIpc) is 2.85. The van der Waals surface area contributed by atoms with Gasteiger partial charge in [-0.1, -0.05) is 88.4 Å². The third-order valence-electron chi connectivity index (χ3n) is 6.90. The van der Waals surface area contributed by atoms with E-state index in [1.165, 1.54) is 17.3 Å². The van der Waals surface area contributed by atoms with Crippen molar-refractivity contribution >= 4 is 48.2 Å². The summed E-state index contributed by atoms with van der Waals surface area (Å²) in [6, 6.07) is 21.1. The van der Waals surface area contributed by atoms with Crippen LogP contribution in [0.3, 0.4) is 0 Å². The molecule has 198 valence electrons. The number of ether oxygens (including phenoxy) is 1. The van der Waals surface area contributed by atoms with Crippen LogP contribution in [0.15, 0.2) is 60.7 Å². The minimum atomic E-state index is -2.89. The van der Waals surface area contributed by atoms with Crippen LogP contribution in [0.4, 0.5) is 0 Å². The summed E-state index contributed by atoms with van der Waals surface area (Å²) in [5, 5.41) is 12.2. The number of carbonyl (C=O) groups is 1. The first-order chi connectivity index (χ1) is 17.0. The largest absolute Gasteiger partial charge is 0.457 e. The van der Waals surface area contributed by atoms with Crippen LogP contribution < -0.4 is 10.4 Å². The molecule has 1 fully saturated rings. The molecule has 0 bridgehead atoms. The topological polar surface area (TPSA) is 55.8 Å². The first-order valence-corrected chi connectivity index (χ1v) is 16.8. The molecular weight excluding hydrogens is 505 g/mol. The summed E-state index contributed by atoms with van der Waals surface area (Å²) < 4.78 is 13.4. The zero-order valence-corrected chi connectivity index (χ0v) is 25.2. The quantitative estimate of drug-likeness (QED) is 0.315. The van der Waals surface area contributed by atoms with Gasteiger partial charge in [-0.25, -0.2) is 0 Å². The first-order valence-electron chi connectivity index (χ1n) is 12.9. The van der Waals surface area contributed by atoms with E-state index >= 15 is 0 Å². The first kappa shape index (κ1) is 29.3. The summed E-state index contributed by atoms with van der Waals surface area (Å²) >= 11 is 3.72. The van der Waals surface area contributed by atoms with E-state index in [1.807, 2.05) is 42.6 Å². The fourth-order valence-corrected chi connectivity index (χ4v) is 13.0. The predicted octanol–water partition coefficient (Wildman–Crippen LogP) is 5.47. The van der Waals surface area contributed by atoms with Crippen molar-refractivity contribution < 1.29 is 19.1 Å². The van der Waals surface area contributed by atoms with Gasteiger partial charge < -0.3 is 14.3 Å². The number of hydrogen-bond acceptors (Lipinski definition) is 6. The van der Waals surface area contributed by atoms with Crippen molar-refractivity contribution in [1.82, 2.24) is 0 Å². The molecule has 1 heterocycles. The van der Waals surface area contributed by atoms with Crippen LogP contribution in [0.1, 0.15) is 54.4 Å². The van der Waals surface area contributed by atoms with Crippen molar-refractivity contribution in [3.8, 4) is 0 Å². The summed E-state index contributed by atoms with van der Waals surface area (Å²) in [7, 11) is -2.89. The van der Waals surface area contributed by atoms with Crippen molar-refractivity contribution in [3.05, 3.63) is 60.7 Å². The Hall–Kier alpha value is -1.25. The van der Waals surface area contributed by atoms with E-state index in [4.69, 9.17) is 9.16 Å². The van der Waals surface area contributed by atoms with Crippen LogP contribution in [-0.4, -0.2) is 53.8 Å². The summed E-state index contributed by atoms with van der Waals surface area (Å²) in [6.07, 6.45) is 0.937. The average molecular weight is 547 g/mol. The van der Waals surface area contributed by atoms with E-state index < -0.39 is 14.4 Å². The molecule has 3 atom stereocenters. The number of hydrogen-bond donors (Lipinski definition) is 1. The Bertz CT molecular complexity index is 919. The highest BCUT2D eigenvalue weighted by molar-refractivity contribution is 8.18. The number of aliphatic hydroxyl groups is 1. The second-order valence-corrected chi connectivity index (χ2v) is 18.5. The van der Waals surface area contributed by atoms with E-state index in [0.717, 1.165) is 17.9 Å². The third-order valence-corrected chi connectivity index (χ3v) is 15.3. The smallest absolute Gasteiger partial charge is 0.303 e. The van der Waals surface area contributed by atoms with Gasteiger partial charge in [0.2, 0.25) is 0 Å². The lowest BCUT2D eigenvalue weighted by Crippen LogP contribution is -2.69. The summed E-state index contributed by atoms with van der Waals surface area (Å²) in [4.78, 5) is 12.5. The van der Waals surface area contributed by atoms with Gasteiger partial charge in [0.1, 0.15) is 6.10 Å². The van der Waals surface area contributed by atoms with Gasteiger partial charge in [-0.15, -0.1) is 23.5 Å². The molecule has 0 aliphatic carbocycles. The number of aliphatic hydroxyl groups excluding tert-OH is 1. The van der Waals surface area contributed by atoms with Gasteiger partial charge in [-0.05, 0) is 52.6 Å². The maximum absolute atomic E-state index is 12.5. The molecule has 1 aliphatic rings. The second kappa shape index (κ2) is 12.5. The fourth-order valence-electron chi connectivity index (χ4n) is 5.14. The molecule has 0 unspecified atom stereocenters. The van der Waals surface area contributed by atoms with E-state index in [0.29, 0.717) is 6.42 Å². The summed E-state index contributed by atoms with van der Waals surface area (Å²) in [6.45, 7) is 12.6. The molecule has 0 aromatic heterocycles. The summed E-state index contributed by atoms with van der Waals surface area (Å²) in [5.74, 6) is 1.78. The number of thioether (sulfide) groups is 2. The van der Waals surface area contributed by atoms with Crippen LogP contribution in [0, 0.1) is 5.92 Å². The number of carbonyl (C=O) groups excluding carboxylic acids is 1. The molecule has 0 spiro atoms. The predicted molar refractivity (Wildman–Crippen MR) is 157 cm³/mol. The molecule has 3 rings (SSSR count). The minimum Gasteiger partial charge on any atom is -0.457 e. The highest BCUT2D eigenvalue weighted by Gasteiger charge is 2.55. The summed E-state index contributed by atoms with van der Waals surface area (Å²) in [5.41, 5.74) is 0. The van der Waals surface area contributed by atoms with Crippen molar-refractivity contribution in [3.63, 3.8) is 0 Å². The molecule has 0 radical (unpaired) electrons. The van der Waals surface area contributed by atoms with Gasteiger partial charge in [0, 0.05) is 13.5 Å². The Kier molecular flexibility index (Phi) is 10.2. The number of rotatable bonds is 10. The maximum atomic E-state index is 12.5. The molecule has 2 aromatic rings. The van der Waals surface area contributed by atoms with Crippen LogP contribution in [0.5, 0.6) is 0 Å². The van der Waals surface area contributed by atoms with E-state index in [2.05, 4.69) is 76.2 Å². The van der Waals surface area contributed by atoms with Crippen molar-refractivity contribution in [1.29, 1.82) is 0 Å². The Balaban J connectivity index is 2.22. The Morgan fingerprint density at radius 1 is 1.03 bits per heavy atom. The van der Waals surface area contributed by atoms with Gasteiger partial charge in [-0.3, -0.25) is 4.79 Å². The lowest BCUT2D eigenvalue weighted by Gasteiger charge is -2.49. The van der Waals surface area contributed by atoms with Crippen LogP contribution in [0.2, 0.25) is 5.04 Å². The lowest BCUT2D eigenvalue weighted by molar-refractivity contribution is -0.152. The van der Waals surface area contributed by atoms with Crippen LogP contribution in [0.25, 0.3) is 0 Å². The van der Waals surface area contributed by atoms with Crippen molar-refractivity contribution in [2.45, 2.75) is 75.7 Å². The maximum Gasteiger partial charge on any atom is 0.303 e. The number of benzene rings is 2. The highest BCUT2D eigenvalue weighted by atomic mass is 32.2. The molecule has 36 heavy (non-hydrogen) atoms. The lowest BCUT2D eigenvalue weighted by atomic mass is 9.99. The standard InChI is InChI=1S/C29H42O4S2Si/c1-22(21-30)20-26(27(32-23(2)31)29(6)34-18-13-19-35-29)33-36(28(3,4)5,24-14-9-7-10-15-24)25-16-11-8-12-17-25/h7-12,14-17,22,26-27,30H,13,18-21H2,1-6H3/t22-,26+,27-/m1/s1. The van der Waals surface area contributed by atoms with E-state index in [-0.39, 0.29) is 33.7 Å². The molecule has 0 saturated carbocycles. The third kappa shape index (κ3) is 6.59. The van der Waals surface area contributed by atoms with Crippen molar-refractivity contribution in [2.24, 2.45) is 5.92 Å². The normalized spacial score (nSPS) is 18.8. The highest BCUT2D eigenvalue weighted by Crippen LogP contribution is 2.49. The molecule has 2 aromatic carbocycles. The van der Waals surface area contributed by atoms with Gasteiger partial charge in [0.25, 0.3) is 8.32 Å². The van der Waals surface area contributed by atoms with Gasteiger partial charge in [-0.2, -0.15) is 0 Å². The number of esters is 1. The van der Waals surface area contributed by atoms with Crippen molar-refractivity contribution in [2.75, 3.05) is 18.1 Å². The van der Waals surface area contributed by atoms with Gasteiger partial charge in [0.15, 0.2) is 0 Å². The molecule has 7 heteroatoms. The Labute approximate surface area is 227 Å². The van der Waals surface area contributed by atoms with Gasteiger partial charge >= 0.3 is 5.97 Å². The van der Waals surface area contributed by atoms with E-state index in [9.17, 15) is 9.90 Å². The minimum absolute atomic E-state index is 0.00784. The molecule has 1 N–H and O–H groups in total. The molecule has 1 saturated heterocycles. The molecule has 1 aliphatic heterocycles. The Morgan fingerprint density at radius 3 is 1.94 bits per heavy atom. The van der Waals surface area contributed by atoms with Gasteiger partial charge in [0.05, 0.1) is 10.2 Å². The Morgan fingerprint density at radius 2 is 1.53 bits per heavy atom. The second-order valence-electron chi connectivity index (χ2n) is 10.9. The van der Waals surface area contributed by atoms with Crippen LogP contribution >= 0.6 is 23.5 Å². The zero-order chi connectivity index (χ0) is 26.4. The fraction of sp³-hybridized carbons (Fsp3) is 0.552. The van der Waals surface area contributed by atoms with E-state index in [1.54, 1.807) is 0 Å².